The van der Waals surface area contributed by atoms with Crippen molar-refractivity contribution in [3.8, 4) is 0 Å². The molecule has 5 N–H and O–H groups in total. The second kappa shape index (κ2) is 3.87. The predicted octanol–water partition coefficient (Wildman–Crippen LogP) is -1.64. The zero-order chi connectivity index (χ0) is 9.84. The molecule has 0 aliphatic heterocycles. The van der Waals surface area contributed by atoms with Gasteiger partial charge >= 0.3 is 0 Å². The van der Waals surface area contributed by atoms with Crippen LogP contribution in [0.1, 0.15) is 0 Å². The lowest BCUT2D eigenvalue weighted by molar-refractivity contribution is 0.554. The highest BCUT2D eigenvalue weighted by Gasteiger charge is 2.04. The first-order valence-electron chi connectivity index (χ1n) is 2.99. The molecule has 0 saturated heterocycles. The van der Waals surface area contributed by atoms with Crippen LogP contribution in [0.3, 0.4) is 0 Å². The molecule has 8 nitrogen and oxygen atoms in total. The van der Waals surface area contributed by atoms with Gasteiger partial charge in [0.2, 0.25) is 11.1 Å². The van der Waals surface area contributed by atoms with E-state index in [0.29, 0.717) is 0 Å². The van der Waals surface area contributed by atoms with Crippen LogP contribution in [0.4, 0.5) is 5.95 Å². The molecular weight excluding hydrogens is 196 g/mol. The minimum Gasteiger partial charge on any atom is -0.370 e. The molecule has 1 heterocycles. The lowest BCUT2D eigenvalue weighted by Gasteiger charge is -1.94. The maximum Gasteiger partial charge on any atom is 0.256 e. The molecule has 1 aromatic heterocycles. The van der Waals surface area contributed by atoms with E-state index in [9.17, 15) is 4.21 Å². The third kappa shape index (κ3) is 2.72. The van der Waals surface area contributed by atoms with Crippen molar-refractivity contribution < 1.29 is 8.76 Å². The van der Waals surface area contributed by atoms with Crippen molar-refractivity contribution in [3.63, 3.8) is 0 Å². The number of hydrogen-bond acceptors (Lipinski definition) is 5. The molecule has 1 rings (SSSR count). The van der Waals surface area contributed by atoms with Gasteiger partial charge in [-0.05, 0) is 0 Å². The summed E-state index contributed by atoms with van der Waals surface area (Å²) in [6, 6.07) is 0. The highest BCUT2D eigenvalue weighted by Crippen LogP contribution is 2.02. The first-order valence-corrected chi connectivity index (χ1v) is 4.10. The van der Waals surface area contributed by atoms with Crippen molar-refractivity contribution in [3.05, 3.63) is 6.33 Å². The monoisotopic (exact) mass is 202 g/mol. The lowest BCUT2D eigenvalue weighted by atomic mass is 10.9. The first kappa shape index (κ1) is 9.48. The Balaban J connectivity index is 3.06. The highest BCUT2D eigenvalue weighted by atomic mass is 32.2. The minimum atomic E-state index is -2.27. The Morgan fingerprint density at radius 1 is 1.54 bits per heavy atom. The van der Waals surface area contributed by atoms with Gasteiger partial charge in [-0.3, -0.25) is 4.55 Å². The molecule has 0 aliphatic rings. The van der Waals surface area contributed by atoms with Crippen LogP contribution in [-0.2, 0) is 11.1 Å². The maximum atomic E-state index is 10.5. The van der Waals surface area contributed by atoms with Crippen LogP contribution in [0.15, 0.2) is 16.5 Å². The van der Waals surface area contributed by atoms with Crippen molar-refractivity contribution >= 4 is 23.0 Å². The van der Waals surface area contributed by atoms with Gasteiger partial charge in [-0.15, -0.1) is 0 Å². The Kier molecular flexibility index (Phi) is 2.82. The highest BCUT2D eigenvalue weighted by molar-refractivity contribution is 7.79. The van der Waals surface area contributed by atoms with Crippen LogP contribution >= 0.6 is 0 Å². The fourth-order valence-electron chi connectivity index (χ4n) is 0.527. The third-order valence-corrected chi connectivity index (χ3v) is 1.43. The van der Waals surface area contributed by atoms with Crippen LogP contribution in [0.5, 0.6) is 0 Å². The summed E-state index contributed by atoms with van der Waals surface area (Å²) in [5.74, 6) is -0.340. The fourth-order valence-corrected chi connectivity index (χ4v) is 0.824. The Morgan fingerprint density at radius 3 is 2.77 bits per heavy atom. The molecule has 0 fully saturated rings. The summed E-state index contributed by atoms with van der Waals surface area (Å²) >= 11 is -2.27. The zero-order valence-electron chi connectivity index (χ0n) is 6.28. The van der Waals surface area contributed by atoms with E-state index in [0.717, 1.165) is 6.33 Å². The van der Waals surface area contributed by atoms with Crippen LogP contribution < -0.4 is 11.5 Å². The second-order valence-corrected chi connectivity index (χ2v) is 2.72. The predicted molar refractivity (Wildman–Crippen MR) is 44.3 cm³/mol. The summed E-state index contributed by atoms with van der Waals surface area (Å²) in [4.78, 5) is 13.9. The molecule has 13 heavy (non-hydrogen) atoms. The standard InChI is InChI=1S/C4H6N6O2S/c5-2(6)9-3-7-1-8-4(10-3)13(11)12/h1H,(H,11,12)(H4,5,6,7,8,9,10). The number of rotatable bonds is 2. The first-order chi connectivity index (χ1) is 6.09. The van der Waals surface area contributed by atoms with E-state index in [1.165, 1.54) is 0 Å². The van der Waals surface area contributed by atoms with Gasteiger partial charge in [-0.2, -0.15) is 15.0 Å². The quantitative estimate of drug-likeness (QED) is 0.296. The molecule has 0 amide bonds. The third-order valence-electron chi connectivity index (χ3n) is 0.922. The van der Waals surface area contributed by atoms with Gasteiger partial charge in [0.15, 0.2) is 5.96 Å². The van der Waals surface area contributed by atoms with Gasteiger partial charge in [0.1, 0.15) is 6.33 Å². The van der Waals surface area contributed by atoms with Crippen LogP contribution in [-0.4, -0.2) is 29.7 Å². The zero-order valence-corrected chi connectivity index (χ0v) is 7.10. The number of aliphatic imine (C=N–C) groups is 1. The molecule has 70 valence electrons. The van der Waals surface area contributed by atoms with E-state index in [1.54, 1.807) is 0 Å². The molecule has 0 radical (unpaired) electrons. The van der Waals surface area contributed by atoms with Crippen LogP contribution in [0.2, 0.25) is 0 Å². The van der Waals surface area contributed by atoms with Crippen molar-refractivity contribution in [2.24, 2.45) is 16.5 Å². The van der Waals surface area contributed by atoms with E-state index in [-0.39, 0.29) is 17.1 Å². The maximum absolute atomic E-state index is 10.5. The normalized spacial score (nSPS) is 12.1. The summed E-state index contributed by atoms with van der Waals surface area (Å²) in [7, 11) is 0. The molecule has 1 aromatic rings. The molecular formula is C4H6N6O2S. The topological polar surface area (TPSA) is 140 Å². The molecule has 9 heteroatoms. The van der Waals surface area contributed by atoms with Crippen molar-refractivity contribution in [1.82, 2.24) is 15.0 Å². The Labute approximate surface area is 75.4 Å². The summed E-state index contributed by atoms with van der Waals surface area (Å²) in [6.07, 6.45) is 1.04. The smallest absolute Gasteiger partial charge is 0.256 e. The van der Waals surface area contributed by atoms with E-state index in [1.807, 2.05) is 0 Å². The summed E-state index contributed by atoms with van der Waals surface area (Å²) in [6.45, 7) is 0. The van der Waals surface area contributed by atoms with E-state index in [2.05, 4.69) is 19.9 Å². The summed E-state index contributed by atoms with van der Waals surface area (Å²) in [5.41, 5.74) is 10.1. The van der Waals surface area contributed by atoms with Gasteiger partial charge in [0.05, 0.1) is 0 Å². The summed E-state index contributed by atoms with van der Waals surface area (Å²) < 4.78 is 19.1. The van der Waals surface area contributed by atoms with Crippen molar-refractivity contribution in [2.45, 2.75) is 5.16 Å². The van der Waals surface area contributed by atoms with Crippen LogP contribution in [0, 0.1) is 0 Å². The minimum absolute atomic E-state index is 0.104. The molecule has 0 aromatic carbocycles. The van der Waals surface area contributed by atoms with Gasteiger partial charge in [0.25, 0.3) is 11.1 Å². The van der Waals surface area contributed by atoms with Crippen molar-refractivity contribution in [1.29, 1.82) is 0 Å². The number of hydrogen-bond donors (Lipinski definition) is 3. The molecule has 0 bridgehead atoms. The van der Waals surface area contributed by atoms with E-state index >= 15 is 0 Å². The molecule has 0 saturated carbocycles. The molecule has 1 unspecified atom stereocenters. The summed E-state index contributed by atoms with van der Waals surface area (Å²) in [5, 5.41) is -0.296. The SMILES string of the molecule is NC(N)=Nc1ncnc(S(=O)O)n1. The van der Waals surface area contributed by atoms with Gasteiger partial charge in [-0.1, -0.05) is 0 Å². The Hall–Kier alpha value is -1.61. The average molecular weight is 202 g/mol. The molecule has 0 spiro atoms. The van der Waals surface area contributed by atoms with Crippen molar-refractivity contribution in [2.75, 3.05) is 0 Å². The van der Waals surface area contributed by atoms with Gasteiger partial charge < -0.3 is 11.5 Å². The number of nitrogens with two attached hydrogens (primary N) is 2. The second-order valence-electron chi connectivity index (χ2n) is 1.85. The van der Waals surface area contributed by atoms with E-state index in [4.69, 9.17) is 16.0 Å². The number of aromatic nitrogens is 3. The Bertz CT molecular complexity index is 361. The fraction of sp³-hybridized carbons (Fsp3) is 0. The average Bonchev–Trinajstić information content (AvgIpc) is 2.03. The Morgan fingerprint density at radius 2 is 2.23 bits per heavy atom. The molecule has 0 aliphatic carbocycles. The largest absolute Gasteiger partial charge is 0.370 e. The number of nitrogens with zero attached hydrogens (tertiary/aromatic N) is 4. The van der Waals surface area contributed by atoms with Gasteiger partial charge in [0, 0.05) is 0 Å². The number of guanidine groups is 1. The van der Waals surface area contributed by atoms with Crippen LogP contribution in [0.25, 0.3) is 0 Å². The lowest BCUT2D eigenvalue weighted by Crippen LogP contribution is -2.22. The molecule has 1 atom stereocenters. The van der Waals surface area contributed by atoms with Gasteiger partial charge in [-0.25, -0.2) is 9.19 Å². The van der Waals surface area contributed by atoms with E-state index < -0.39 is 11.1 Å².